The minimum atomic E-state index is -3.47. The van der Waals surface area contributed by atoms with Gasteiger partial charge in [-0.3, -0.25) is 9.71 Å². The lowest BCUT2D eigenvalue weighted by Crippen LogP contribution is -2.23. The highest BCUT2D eigenvalue weighted by molar-refractivity contribution is 7.93. The normalized spacial score (nSPS) is 13.4. The van der Waals surface area contributed by atoms with Crippen molar-refractivity contribution in [3.05, 3.63) is 66.1 Å². The van der Waals surface area contributed by atoms with Crippen molar-refractivity contribution in [2.24, 2.45) is 0 Å². The van der Waals surface area contributed by atoms with Crippen LogP contribution in [0.5, 0.6) is 5.75 Å². The summed E-state index contributed by atoms with van der Waals surface area (Å²) in [5.41, 5.74) is 6.13. The van der Waals surface area contributed by atoms with Crippen LogP contribution in [0.25, 0.3) is 22.0 Å². The number of sulfonamides is 1. The van der Waals surface area contributed by atoms with E-state index in [0.717, 1.165) is 53.0 Å². The van der Waals surface area contributed by atoms with E-state index in [4.69, 9.17) is 9.72 Å². The summed E-state index contributed by atoms with van der Waals surface area (Å²) in [6, 6.07) is 11.7. The minimum Gasteiger partial charge on any atom is -0.495 e. The molecule has 4 aromatic rings. The van der Waals surface area contributed by atoms with Crippen LogP contribution in [-0.4, -0.2) is 42.3 Å². The third-order valence-electron chi connectivity index (χ3n) is 6.19. The lowest BCUT2D eigenvalue weighted by molar-refractivity contribution is 0.415. The number of rotatable bonds is 7. The molecule has 0 radical (unpaired) electrons. The van der Waals surface area contributed by atoms with Crippen LogP contribution < -0.4 is 20.1 Å². The number of ether oxygens (including phenoxy) is 1. The Morgan fingerprint density at radius 1 is 1.03 bits per heavy atom. The Balaban J connectivity index is 1.45. The summed E-state index contributed by atoms with van der Waals surface area (Å²) in [5, 5.41) is 7.04. The molecular weight excluding hydrogens is 476 g/mol. The Hall–Kier alpha value is -3.76. The summed E-state index contributed by atoms with van der Waals surface area (Å²) in [6.45, 7) is 5.04. The third-order valence-corrected chi connectivity index (χ3v) is 7.95. The number of methoxy groups -OCH3 is 1. The van der Waals surface area contributed by atoms with Gasteiger partial charge in [-0.15, -0.1) is 0 Å². The fourth-order valence-electron chi connectivity index (χ4n) is 4.10. The Kier molecular flexibility index (Phi) is 6.46. The van der Waals surface area contributed by atoms with Crippen LogP contribution >= 0.6 is 0 Å². The summed E-state index contributed by atoms with van der Waals surface area (Å²) in [5.74, 6) is 1.21. The zero-order chi connectivity index (χ0) is 25.3. The molecule has 0 unspecified atom stereocenters. The van der Waals surface area contributed by atoms with Crippen molar-refractivity contribution in [2.45, 2.75) is 32.1 Å². The summed E-state index contributed by atoms with van der Waals surface area (Å²) < 4.78 is 32.7. The van der Waals surface area contributed by atoms with Gasteiger partial charge in [-0.1, -0.05) is 12.1 Å². The van der Waals surface area contributed by atoms with E-state index in [2.05, 4.69) is 37.5 Å². The molecule has 3 N–H and O–H groups in total. The lowest BCUT2D eigenvalue weighted by Gasteiger charge is -2.20. The van der Waals surface area contributed by atoms with Crippen molar-refractivity contribution in [3.63, 3.8) is 0 Å². The van der Waals surface area contributed by atoms with Gasteiger partial charge in [0.1, 0.15) is 5.75 Å². The molecule has 1 aliphatic heterocycles. The monoisotopic (exact) mass is 504 g/mol. The van der Waals surface area contributed by atoms with Crippen molar-refractivity contribution in [1.29, 1.82) is 0 Å². The molecule has 36 heavy (non-hydrogen) atoms. The van der Waals surface area contributed by atoms with Crippen molar-refractivity contribution < 1.29 is 13.2 Å². The average Bonchev–Trinajstić information content (AvgIpc) is 2.87. The van der Waals surface area contributed by atoms with E-state index in [-0.39, 0.29) is 0 Å². The molecule has 0 bridgehead atoms. The van der Waals surface area contributed by atoms with Crippen LogP contribution in [0.15, 0.2) is 55.0 Å². The van der Waals surface area contributed by atoms with Crippen molar-refractivity contribution in [1.82, 2.24) is 20.3 Å². The van der Waals surface area contributed by atoms with E-state index in [9.17, 15) is 8.42 Å². The van der Waals surface area contributed by atoms with E-state index in [1.54, 1.807) is 39.4 Å². The average molecular weight is 505 g/mol. The molecule has 0 atom stereocenters. The predicted octanol–water partition coefficient (Wildman–Crippen LogP) is 4.24. The molecule has 186 valence electrons. The Bertz CT molecular complexity index is 1540. The first-order valence-corrected chi connectivity index (χ1v) is 13.3. The Labute approximate surface area is 210 Å². The van der Waals surface area contributed by atoms with Crippen molar-refractivity contribution >= 4 is 38.2 Å². The van der Waals surface area contributed by atoms with E-state index in [0.29, 0.717) is 11.6 Å². The summed E-state index contributed by atoms with van der Waals surface area (Å²) in [4.78, 5) is 13.4. The number of anilines is 3. The third kappa shape index (κ3) is 4.95. The standard InChI is InChI=1S/C26H28N6O3S/c1-16(2)36(33,34)32-22-8-20(13-28-15-22)17-4-5-19-14-29-26(30-23(19)9-17)31-24-10-21-12-27-7-6-18(21)11-25(24)35-3/h4-5,8-11,13-16,27,32H,6-7,12H2,1-3H3,(H,29,30,31). The van der Waals surface area contributed by atoms with Gasteiger partial charge in [-0.2, -0.15) is 0 Å². The van der Waals surface area contributed by atoms with E-state index < -0.39 is 15.3 Å². The van der Waals surface area contributed by atoms with Gasteiger partial charge in [0.2, 0.25) is 16.0 Å². The Morgan fingerprint density at radius 3 is 2.69 bits per heavy atom. The molecule has 0 spiro atoms. The van der Waals surface area contributed by atoms with Crippen molar-refractivity contribution in [2.75, 3.05) is 23.7 Å². The highest BCUT2D eigenvalue weighted by atomic mass is 32.2. The maximum atomic E-state index is 12.3. The molecule has 0 saturated carbocycles. The number of benzene rings is 2. The van der Waals surface area contributed by atoms with Crippen LogP contribution in [-0.2, 0) is 23.0 Å². The summed E-state index contributed by atoms with van der Waals surface area (Å²) in [7, 11) is -1.81. The smallest absolute Gasteiger partial charge is 0.235 e. The van der Waals surface area contributed by atoms with Crippen LogP contribution in [0.2, 0.25) is 0 Å². The van der Waals surface area contributed by atoms with Gasteiger partial charge in [-0.25, -0.2) is 18.4 Å². The first kappa shape index (κ1) is 24.0. The van der Waals surface area contributed by atoms with E-state index in [1.807, 2.05) is 18.2 Å². The molecule has 0 fully saturated rings. The maximum absolute atomic E-state index is 12.3. The molecule has 2 aromatic heterocycles. The molecule has 1 aliphatic rings. The molecule has 5 rings (SSSR count). The second-order valence-electron chi connectivity index (χ2n) is 9.00. The first-order valence-electron chi connectivity index (χ1n) is 11.7. The number of hydrogen-bond donors (Lipinski definition) is 3. The molecule has 0 aliphatic carbocycles. The van der Waals surface area contributed by atoms with Crippen LogP contribution in [0.4, 0.5) is 17.3 Å². The fraction of sp³-hybridized carbons (Fsp3) is 0.269. The van der Waals surface area contributed by atoms with E-state index in [1.165, 1.54) is 17.3 Å². The van der Waals surface area contributed by atoms with Crippen LogP contribution in [0.3, 0.4) is 0 Å². The van der Waals surface area contributed by atoms with E-state index >= 15 is 0 Å². The maximum Gasteiger partial charge on any atom is 0.235 e. The number of nitrogens with one attached hydrogen (secondary N) is 3. The largest absolute Gasteiger partial charge is 0.495 e. The zero-order valence-electron chi connectivity index (χ0n) is 20.4. The quantitative estimate of drug-likeness (QED) is 0.342. The minimum absolute atomic E-state index is 0.417. The Morgan fingerprint density at radius 2 is 1.89 bits per heavy atom. The SMILES string of the molecule is COc1cc2c(cc1Nc1ncc3ccc(-c4cncc(NS(=O)(=O)C(C)C)c4)cc3n1)CNCC2. The topological polar surface area (TPSA) is 118 Å². The van der Waals surface area contributed by atoms with Gasteiger partial charge >= 0.3 is 0 Å². The number of pyridine rings is 1. The van der Waals surface area contributed by atoms with Crippen LogP contribution in [0.1, 0.15) is 25.0 Å². The summed E-state index contributed by atoms with van der Waals surface area (Å²) >= 11 is 0. The van der Waals surface area contributed by atoms with Gasteiger partial charge in [0.05, 0.1) is 35.4 Å². The number of hydrogen-bond acceptors (Lipinski definition) is 8. The highest BCUT2D eigenvalue weighted by Crippen LogP contribution is 2.32. The lowest BCUT2D eigenvalue weighted by atomic mass is 10.00. The van der Waals surface area contributed by atoms with Crippen molar-refractivity contribution in [3.8, 4) is 16.9 Å². The summed E-state index contributed by atoms with van der Waals surface area (Å²) in [6.07, 6.45) is 5.93. The number of nitrogens with zero attached hydrogens (tertiary/aromatic N) is 3. The first-order chi connectivity index (χ1) is 17.3. The second kappa shape index (κ2) is 9.71. The number of fused-ring (bicyclic) bond motifs is 2. The molecule has 3 heterocycles. The molecular formula is C26H28N6O3S. The number of aromatic nitrogens is 3. The van der Waals surface area contributed by atoms with Gasteiger partial charge in [0.25, 0.3) is 0 Å². The predicted molar refractivity (Wildman–Crippen MR) is 142 cm³/mol. The van der Waals surface area contributed by atoms with Gasteiger partial charge in [0.15, 0.2) is 0 Å². The van der Waals surface area contributed by atoms with Gasteiger partial charge < -0.3 is 15.4 Å². The molecule has 9 nitrogen and oxygen atoms in total. The fourth-order valence-corrected chi connectivity index (χ4v) is 4.77. The highest BCUT2D eigenvalue weighted by Gasteiger charge is 2.17. The second-order valence-corrected chi connectivity index (χ2v) is 11.2. The zero-order valence-corrected chi connectivity index (χ0v) is 21.2. The van der Waals surface area contributed by atoms with Gasteiger partial charge in [-0.05, 0) is 67.8 Å². The van der Waals surface area contributed by atoms with Gasteiger partial charge in [0, 0.05) is 29.9 Å². The molecule has 0 amide bonds. The molecule has 2 aromatic carbocycles. The van der Waals surface area contributed by atoms with Crippen LogP contribution in [0, 0.1) is 0 Å². The molecule has 0 saturated heterocycles. The molecule has 10 heteroatoms.